The number of aromatic nitrogens is 1. The number of nitrogens with zero attached hydrogens (tertiary/aromatic N) is 1. The molecule has 0 spiro atoms. The zero-order valence-corrected chi connectivity index (χ0v) is 13.2. The molecule has 3 N–H and O–H groups in total. The van der Waals surface area contributed by atoms with E-state index in [1.165, 1.54) is 11.3 Å². The van der Waals surface area contributed by atoms with Gasteiger partial charge < -0.3 is 15.6 Å². The number of nitrogen functional groups attached to an aromatic ring is 1. The Labute approximate surface area is 127 Å². The average molecular weight is 305 g/mol. The van der Waals surface area contributed by atoms with Crippen LogP contribution in [-0.2, 0) is 11.3 Å². The molecule has 1 heterocycles. The maximum absolute atomic E-state index is 12.0. The van der Waals surface area contributed by atoms with Gasteiger partial charge in [-0.1, -0.05) is 11.3 Å². The second-order valence-electron chi connectivity index (χ2n) is 5.03. The Hall–Kier alpha value is -2.08. The number of hydrogen-bond acceptors (Lipinski definition) is 4. The minimum Gasteiger partial charge on any atom is -0.399 e. The molecule has 0 saturated carbocycles. The molecular formula is C15H19N3O2S. The predicted molar refractivity (Wildman–Crippen MR) is 86.9 cm³/mol. The summed E-state index contributed by atoms with van der Waals surface area (Å²) in [7, 11) is 0. The second-order valence-corrected chi connectivity index (χ2v) is 6.20. The monoisotopic (exact) mass is 305 g/mol. The number of hydrogen-bond donors (Lipinski definition) is 2. The predicted octanol–water partition coefficient (Wildman–Crippen LogP) is 2.45. The fourth-order valence-electron chi connectivity index (χ4n) is 2.10. The van der Waals surface area contributed by atoms with Crippen molar-refractivity contribution >= 4 is 28.6 Å². The summed E-state index contributed by atoms with van der Waals surface area (Å²) >= 11 is 1.22. The summed E-state index contributed by atoms with van der Waals surface area (Å²) in [6.07, 6.45) is 0.265. The summed E-state index contributed by atoms with van der Waals surface area (Å²) < 4.78 is 1.65. The van der Waals surface area contributed by atoms with Gasteiger partial charge in [0.05, 0.1) is 0 Å². The molecule has 0 aliphatic heterocycles. The molecule has 1 aromatic carbocycles. The lowest BCUT2D eigenvalue weighted by Gasteiger charge is -2.09. The lowest BCUT2D eigenvalue weighted by atomic mass is 10.2. The number of amides is 1. The fraction of sp³-hybridized carbons (Fsp3) is 0.333. The zero-order valence-electron chi connectivity index (χ0n) is 12.4. The molecule has 0 radical (unpaired) electrons. The normalized spacial score (nSPS) is 10.6. The van der Waals surface area contributed by atoms with E-state index in [1.54, 1.807) is 16.7 Å². The lowest BCUT2D eigenvalue weighted by Crippen LogP contribution is -2.20. The van der Waals surface area contributed by atoms with Gasteiger partial charge in [-0.25, -0.2) is 0 Å². The first-order chi connectivity index (χ1) is 9.88. The highest BCUT2D eigenvalue weighted by Gasteiger charge is 2.10. The van der Waals surface area contributed by atoms with Crippen LogP contribution >= 0.6 is 11.3 Å². The number of nitrogens with two attached hydrogens (primary N) is 1. The molecule has 112 valence electrons. The van der Waals surface area contributed by atoms with Gasteiger partial charge in [-0.15, -0.1) is 0 Å². The van der Waals surface area contributed by atoms with Crippen LogP contribution in [0, 0.1) is 20.8 Å². The van der Waals surface area contributed by atoms with Gasteiger partial charge in [0, 0.05) is 34.9 Å². The third-order valence-corrected chi connectivity index (χ3v) is 4.46. The first-order valence-electron chi connectivity index (χ1n) is 6.71. The summed E-state index contributed by atoms with van der Waals surface area (Å²) in [5.41, 5.74) is 8.95. The Kier molecular flexibility index (Phi) is 4.47. The van der Waals surface area contributed by atoms with Gasteiger partial charge in [0.25, 0.3) is 0 Å². The third kappa shape index (κ3) is 3.52. The molecule has 0 saturated heterocycles. The van der Waals surface area contributed by atoms with Crippen molar-refractivity contribution in [2.75, 3.05) is 11.1 Å². The fourth-order valence-corrected chi connectivity index (χ4v) is 2.96. The standard InChI is InChI=1S/C15H19N3O2S/c1-9-8-12(16)4-5-13(9)17-14(19)6-7-18-10(2)11(3)21-15(18)20/h4-5,8H,6-7,16H2,1-3H3,(H,17,19). The van der Waals surface area contributed by atoms with E-state index in [4.69, 9.17) is 5.73 Å². The van der Waals surface area contributed by atoms with E-state index < -0.39 is 0 Å². The van der Waals surface area contributed by atoms with Crippen LogP contribution in [0.3, 0.4) is 0 Å². The van der Waals surface area contributed by atoms with Crippen LogP contribution < -0.4 is 15.9 Å². The van der Waals surface area contributed by atoms with Crippen molar-refractivity contribution in [3.05, 3.63) is 44.0 Å². The third-order valence-electron chi connectivity index (χ3n) is 3.46. The Balaban J connectivity index is 2.01. The van der Waals surface area contributed by atoms with E-state index in [9.17, 15) is 9.59 Å². The summed E-state index contributed by atoms with van der Waals surface area (Å²) in [6, 6.07) is 5.35. The van der Waals surface area contributed by atoms with Crippen molar-refractivity contribution in [3.63, 3.8) is 0 Å². The van der Waals surface area contributed by atoms with E-state index in [-0.39, 0.29) is 17.2 Å². The number of aryl methyl sites for hydroxylation is 2. The molecule has 0 aliphatic rings. The Morgan fingerprint density at radius 3 is 2.62 bits per heavy atom. The highest BCUT2D eigenvalue weighted by Crippen LogP contribution is 2.18. The molecular weight excluding hydrogens is 286 g/mol. The maximum Gasteiger partial charge on any atom is 0.307 e. The van der Waals surface area contributed by atoms with E-state index in [0.717, 1.165) is 21.8 Å². The van der Waals surface area contributed by atoms with E-state index in [2.05, 4.69) is 5.32 Å². The molecule has 0 aliphatic carbocycles. The van der Waals surface area contributed by atoms with Crippen molar-refractivity contribution in [1.29, 1.82) is 0 Å². The molecule has 0 bridgehead atoms. The maximum atomic E-state index is 12.0. The lowest BCUT2D eigenvalue weighted by molar-refractivity contribution is -0.116. The van der Waals surface area contributed by atoms with Crippen molar-refractivity contribution in [1.82, 2.24) is 4.57 Å². The molecule has 0 atom stereocenters. The van der Waals surface area contributed by atoms with Gasteiger partial charge in [-0.05, 0) is 44.5 Å². The first kappa shape index (κ1) is 15.3. The van der Waals surface area contributed by atoms with Crippen LogP contribution in [0.2, 0.25) is 0 Å². The number of anilines is 2. The van der Waals surface area contributed by atoms with E-state index in [0.29, 0.717) is 12.2 Å². The van der Waals surface area contributed by atoms with Gasteiger partial charge in [0.15, 0.2) is 0 Å². The molecule has 0 fully saturated rings. The smallest absolute Gasteiger partial charge is 0.307 e. The van der Waals surface area contributed by atoms with Crippen LogP contribution in [-0.4, -0.2) is 10.5 Å². The summed E-state index contributed by atoms with van der Waals surface area (Å²) in [5, 5.41) is 2.85. The highest BCUT2D eigenvalue weighted by molar-refractivity contribution is 7.09. The Morgan fingerprint density at radius 2 is 2.05 bits per heavy atom. The summed E-state index contributed by atoms with van der Waals surface area (Å²) in [6.45, 7) is 6.10. The van der Waals surface area contributed by atoms with Crippen LogP contribution in [0.4, 0.5) is 11.4 Å². The number of carbonyl (C=O) groups excluding carboxylic acids is 1. The molecule has 1 aromatic heterocycles. The van der Waals surface area contributed by atoms with E-state index in [1.807, 2.05) is 26.8 Å². The van der Waals surface area contributed by atoms with Crippen molar-refractivity contribution in [3.8, 4) is 0 Å². The first-order valence-corrected chi connectivity index (χ1v) is 7.53. The van der Waals surface area contributed by atoms with Crippen molar-refractivity contribution < 1.29 is 4.79 Å². The van der Waals surface area contributed by atoms with Gasteiger partial charge >= 0.3 is 4.87 Å². The summed E-state index contributed by atoms with van der Waals surface area (Å²) in [5.74, 6) is -0.113. The number of thiazole rings is 1. The molecule has 0 unspecified atom stereocenters. The minimum atomic E-state index is -0.113. The molecule has 6 heteroatoms. The largest absolute Gasteiger partial charge is 0.399 e. The SMILES string of the molecule is Cc1cc(N)ccc1NC(=O)CCn1c(C)c(C)sc1=O. The number of benzene rings is 1. The topological polar surface area (TPSA) is 77.1 Å². The van der Waals surface area contributed by atoms with Crippen LogP contribution in [0.1, 0.15) is 22.6 Å². The minimum absolute atomic E-state index is 0.0125. The number of carbonyl (C=O) groups is 1. The second kappa shape index (κ2) is 6.13. The summed E-state index contributed by atoms with van der Waals surface area (Å²) in [4.78, 5) is 24.7. The van der Waals surface area contributed by atoms with Gasteiger partial charge in [0.1, 0.15) is 0 Å². The van der Waals surface area contributed by atoms with Crippen LogP contribution in [0.5, 0.6) is 0 Å². The Bertz CT molecular complexity index is 731. The molecule has 21 heavy (non-hydrogen) atoms. The van der Waals surface area contributed by atoms with Crippen molar-refractivity contribution in [2.24, 2.45) is 0 Å². The number of rotatable bonds is 4. The number of nitrogens with one attached hydrogen (secondary N) is 1. The molecule has 2 rings (SSSR count). The highest BCUT2D eigenvalue weighted by atomic mass is 32.1. The van der Waals surface area contributed by atoms with E-state index >= 15 is 0 Å². The zero-order chi connectivity index (χ0) is 15.6. The molecule has 2 aromatic rings. The van der Waals surface area contributed by atoms with Gasteiger partial charge in [-0.3, -0.25) is 9.59 Å². The molecule has 1 amide bonds. The van der Waals surface area contributed by atoms with Gasteiger partial charge in [0.2, 0.25) is 5.91 Å². The van der Waals surface area contributed by atoms with Crippen LogP contribution in [0.25, 0.3) is 0 Å². The molecule has 5 nitrogen and oxygen atoms in total. The van der Waals surface area contributed by atoms with Gasteiger partial charge in [-0.2, -0.15) is 0 Å². The van der Waals surface area contributed by atoms with Crippen molar-refractivity contribution in [2.45, 2.75) is 33.7 Å². The Morgan fingerprint density at radius 1 is 1.33 bits per heavy atom. The quantitative estimate of drug-likeness (QED) is 0.852. The van der Waals surface area contributed by atoms with Crippen LogP contribution in [0.15, 0.2) is 23.0 Å². The average Bonchev–Trinajstić information content (AvgIpc) is 2.65.